The second-order valence-electron chi connectivity index (χ2n) is 8.25. The van der Waals surface area contributed by atoms with Gasteiger partial charge < -0.3 is 9.94 Å². The summed E-state index contributed by atoms with van der Waals surface area (Å²) in [5.74, 6) is 0.120. The number of nitrogens with zero attached hydrogens (tertiary/aromatic N) is 4. The summed E-state index contributed by atoms with van der Waals surface area (Å²) in [4.78, 5) is 4.91. The lowest BCUT2D eigenvalue weighted by Gasteiger charge is -2.12. The maximum Gasteiger partial charge on any atom is 0.296 e. The van der Waals surface area contributed by atoms with E-state index >= 15 is 0 Å². The summed E-state index contributed by atoms with van der Waals surface area (Å²) in [5, 5.41) is 27.8. The molecule has 11 heteroatoms. The fourth-order valence-electron chi connectivity index (χ4n) is 3.62. The SMILES string of the molecule is O=S(=O)(O)c1cc2cc(NOc3ccccc3)ccc2c(O)c1N=Nc1ccc(N=Nc2ccccc2)cc1. The molecule has 0 aliphatic carbocycles. The number of phenols is 1. The number of hydrogen-bond acceptors (Lipinski definition) is 9. The Labute approximate surface area is 223 Å². The van der Waals surface area contributed by atoms with Gasteiger partial charge in [-0.05, 0) is 78.2 Å². The first kappa shape index (κ1) is 25.5. The molecule has 0 saturated heterocycles. The Kier molecular flexibility index (Phi) is 7.26. The molecule has 194 valence electrons. The molecule has 39 heavy (non-hydrogen) atoms. The molecule has 0 amide bonds. The van der Waals surface area contributed by atoms with Crippen LogP contribution < -0.4 is 10.3 Å². The number of para-hydroxylation sites is 1. The third-order valence-corrected chi connectivity index (χ3v) is 6.38. The van der Waals surface area contributed by atoms with E-state index in [0.29, 0.717) is 39.3 Å². The first-order chi connectivity index (χ1) is 18.9. The molecule has 0 aromatic heterocycles. The van der Waals surface area contributed by atoms with Crippen LogP contribution in [0.15, 0.2) is 135 Å². The van der Waals surface area contributed by atoms with Crippen LogP contribution in [-0.2, 0) is 10.1 Å². The van der Waals surface area contributed by atoms with E-state index in [-0.39, 0.29) is 5.69 Å². The van der Waals surface area contributed by atoms with Gasteiger partial charge >= 0.3 is 0 Å². The average molecular weight is 540 g/mol. The van der Waals surface area contributed by atoms with Gasteiger partial charge in [0.05, 0.1) is 22.7 Å². The first-order valence-electron chi connectivity index (χ1n) is 11.6. The summed E-state index contributed by atoms with van der Waals surface area (Å²) in [6.45, 7) is 0. The highest BCUT2D eigenvalue weighted by Crippen LogP contribution is 2.42. The Morgan fingerprint density at radius 1 is 0.667 bits per heavy atom. The third-order valence-electron chi connectivity index (χ3n) is 5.51. The van der Waals surface area contributed by atoms with E-state index in [9.17, 15) is 18.1 Å². The molecule has 0 radical (unpaired) electrons. The van der Waals surface area contributed by atoms with E-state index in [1.54, 1.807) is 54.6 Å². The van der Waals surface area contributed by atoms with Gasteiger partial charge in [-0.15, -0.1) is 5.11 Å². The van der Waals surface area contributed by atoms with Crippen molar-refractivity contribution < 1.29 is 22.9 Å². The molecular formula is C28H21N5O5S. The number of anilines is 1. The molecule has 5 aromatic carbocycles. The van der Waals surface area contributed by atoms with Crippen LogP contribution in [0.2, 0.25) is 0 Å². The predicted octanol–water partition coefficient (Wildman–Crippen LogP) is 8.03. The number of aromatic hydroxyl groups is 1. The van der Waals surface area contributed by atoms with Crippen molar-refractivity contribution >= 4 is 49.3 Å². The van der Waals surface area contributed by atoms with Crippen LogP contribution in [0, 0.1) is 0 Å². The highest BCUT2D eigenvalue weighted by molar-refractivity contribution is 7.86. The minimum Gasteiger partial charge on any atom is -0.505 e. The minimum absolute atomic E-state index is 0.304. The molecule has 0 atom stereocenters. The van der Waals surface area contributed by atoms with Crippen LogP contribution in [0.5, 0.6) is 11.5 Å². The van der Waals surface area contributed by atoms with Crippen molar-refractivity contribution in [3.8, 4) is 11.5 Å². The van der Waals surface area contributed by atoms with Gasteiger partial charge in [0.25, 0.3) is 10.1 Å². The van der Waals surface area contributed by atoms with Crippen molar-refractivity contribution in [1.29, 1.82) is 0 Å². The summed E-state index contributed by atoms with van der Waals surface area (Å²) < 4.78 is 34.2. The van der Waals surface area contributed by atoms with Crippen LogP contribution in [0.4, 0.5) is 28.4 Å². The molecule has 0 aliphatic heterocycles. The molecule has 3 N–H and O–H groups in total. The molecule has 0 unspecified atom stereocenters. The summed E-state index contributed by atoms with van der Waals surface area (Å²) in [6, 6.07) is 30.8. The van der Waals surface area contributed by atoms with Gasteiger partial charge in [-0.25, -0.2) is 5.48 Å². The Hall–Kier alpha value is -5.13. The molecular weight excluding hydrogens is 518 g/mol. The number of hydrogen-bond donors (Lipinski definition) is 3. The second kappa shape index (κ2) is 11.1. The molecule has 5 aromatic rings. The molecule has 0 fully saturated rings. The third kappa shape index (κ3) is 6.24. The summed E-state index contributed by atoms with van der Waals surface area (Å²) in [7, 11) is -4.75. The topological polar surface area (TPSA) is 145 Å². The fourth-order valence-corrected chi connectivity index (χ4v) is 4.28. The molecule has 0 spiro atoms. The number of benzene rings is 5. The maximum atomic E-state index is 12.2. The number of azo groups is 2. The van der Waals surface area contributed by atoms with Crippen molar-refractivity contribution in [3.63, 3.8) is 0 Å². The average Bonchev–Trinajstić information content (AvgIpc) is 2.95. The van der Waals surface area contributed by atoms with Gasteiger partial charge in [-0.1, -0.05) is 36.4 Å². The van der Waals surface area contributed by atoms with Crippen molar-refractivity contribution in [2.45, 2.75) is 4.90 Å². The molecule has 0 heterocycles. The van der Waals surface area contributed by atoms with E-state index in [0.717, 1.165) is 0 Å². The minimum atomic E-state index is -4.75. The zero-order chi connectivity index (χ0) is 27.2. The largest absolute Gasteiger partial charge is 0.505 e. The van der Waals surface area contributed by atoms with Crippen molar-refractivity contribution in [3.05, 3.63) is 109 Å². The molecule has 10 nitrogen and oxygen atoms in total. The van der Waals surface area contributed by atoms with Crippen LogP contribution in [0.25, 0.3) is 10.8 Å². The normalized spacial score (nSPS) is 11.8. The zero-order valence-electron chi connectivity index (χ0n) is 20.2. The van der Waals surface area contributed by atoms with E-state index < -0.39 is 20.8 Å². The van der Waals surface area contributed by atoms with E-state index in [4.69, 9.17) is 4.84 Å². The van der Waals surface area contributed by atoms with Gasteiger partial charge in [-0.2, -0.15) is 23.8 Å². The summed E-state index contributed by atoms with van der Waals surface area (Å²) >= 11 is 0. The summed E-state index contributed by atoms with van der Waals surface area (Å²) in [5.41, 5.74) is 4.51. The Balaban J connectivity index is 1.41. The Morgan fingerprint density at radius 3 is 1.85 bits per heavy atom. The number of phenolic OH excluding ortho intramolecular Hbond substituents is 1. The van der Waals surface area contributed by atoms with Crippen LogP contribution in [0.1, 0.15) is 0 Å². The van der Waals surface area contributed by atoms with E-state index in [1.807, 2.05) is 48.5 Å². The van der Waals surface area contributed by atoms with Gasteiger partial charge in [0.2, 0.25) is 0 Å². The van der Waals surface area contributed by atoms with Crippen molar-refractivity contribution in [1.82, 2.24) is 0 Å². The standard InChI is InChI=1S/C28H21N5O5S/c34-28-25-16-15-23(33-38-24-9-5-2-6-10-24)17-19(25)18-26(39(35,36)37)27(28)32-31-22-13-11-21(12-14-22)30-29-20-7-3-1-4-8-20/h1-18,33-34H,(H,35,36,37). The van der Waals surface area contributed by atoms with E-state index in [2.05, 4.69) is 25.9 Å². The van der Waals surface area contributed by atoms with Gasteiger partial charge in [0, 0.05) is 5.39 Å². The molecule has 0 aliphatic rings. The molecule has 0 bridgehead atoms. The monoisotopic (exact) mass is 539 g/mol. The number of nitrogens with one attached hydrogen (secondary N) is 1. The fraction of sp³-hybridized carbons (Fsp3) is 0. The van der Waals surface area contributed by atoms with Crippen LogP contribution in [0.3, 0.4) is 0 Å². The van der Waals surface area contributed by atoms with E-state index in [1.165, 1.54) is 6.07 Å². The lowest BCUT2D eigenvalue weighted by atomic mass is 10.1. The maximum absolute atomic E-state index is 12.2. The van der Waals surface area contributed by atoms with Gasteiger partial charge in [0.1, 0.15) is 10.6 Å². The second-order valence-corrected chi connectivity index (χ2v) is 9.64. The van der Waals surface area contributed by atoms with Gasteiger partial charge in [-0.3, -0.25) is 4.55 Å². The molecule has 0 saturated carbocycles. The van der Waals surface area contributed by atoms with Gasteiger partial charge in [0.15, 0.2) is 11.5 Å². The predicted molar refractivity (Wildman–Crippen MR) is 147 cm³/mol. The highest BCUT2D eigenvalue weighted by atomic mass is 32.2. The lowest BCUT2D eigenvalue weighted by Crippen LogP contribution is -2.04. The summed E-state index contributed by atoms with van der Waals surface area (Å²) in [6.07, 6.45) is 0. The van der Waals surface area contributed by atoms with Crippen molar-refractivity contribution in [2.24, 2.45) is 20.5 Å². The smallest absolute Gasteiger partial charge is 0.296 e. The number of fused-ring (bicyclic) bond motifs is 1. The Bertz CT molecular complexity index is 1780. The lowest BCUT2D eigenvalue weighted by molar-refractivity contribution is 0.405. The van der Waals surface area contributed by atoms with Crippen molar-refractivity contribution in [2.75, 3.05) is 5.48 Å². The number of rotatable bonds is 8. The van der Waals surface area contributed by atoms with Crippen LogP contribution in [-0.4, -0.2) is 18.1 Å². The highest BCUT2D eigenvalue weighted by Gasteiger charge is 2.22. The first-order valence-corrected chi connectivity index (χ1v) is 13.0. The zero-order valence-corrected chi connectivity index (χ0v) is 21.0. The Morgan fingerprint density at radius 2 is 1.23 bits per heavy atom. The molecule has 5 rings (SSSR count). The quantitative estimate of drug-likeness (QED) is 0.103. The van der Waals surface area contributed by atoms with Crippen LogP contribution >= 0.6 is 0 Å².